The van der Waals surface area contributed by atoms with E-state index in [1.807, 2.05) is 6.92 Å². The standard InChI is InChI=1S/C19H26N2O3/c1-14(22)17-10-4-5-11-20(17)12-6-7-13-21-18(23)15-8-2-3-9-16(15)19(21)24/h2-3,8-9,14,17,22H,4-7,10-13H2,1H3. The quantitative estimate of drug-likeness (QED) is 0.642. The molecule has 3 rings (SSSR count). The highest BCUT2D eigenvalue weighted by atomic mass is 16.3. The molecule has 5 nitrogen and oxygen atoms in total. The van der Waals surface area contributed by atoms with E-state index < -0.39 is 0 Å². The second-order valence-electron chi connectivity index (χ2n) is 6.85. The molecule has 2 aliphatic rings. The van der Waals surface area contributed by atoms with Crippen LogP contribution in [-0.4, -0.2) is 58.5 Å². The van der Waals surface area contributed by atoms with E-state index in [1.54, 1.807) is 24.3 Å². The Kier molecular flexibility index (Phi) is 5.31. The predicted molar refractivity (Wildman–Crippen MR) is 91.9 cm³/mol. The van der Waals surface area contributed by atoms with Gasteiger partial charge in [-0.3, -0.25) is 19.4 Å². The topological polar surface area (TPSA) is 60.9 Å². The highest BCUT2D eigenvalue weighted by Crippen LogP contribution is 2.23. The summed E-state index contributed by atoms with van der Waals surface area (Å²) >= 11 is 0. The van der Waals surface area contributed by atoms with Gasteiger partial charge < -0.3 is 5.11 Å². The Morgan fingerprint density at radius 2 is 1.71 bits per heavy atom. The van der Waals surface area contributed by atoms with Crippen LogP contribution in [0.4, 0.5) is 0 Å². The number of nitrogens with zero attached hydrogens (tertiary/aromatic N) is 2. The predicted octanol–water partition coefficient (Wildman–Crippen LogP) is 2.30. The first kappa shape index (κ1) is 17.1. The van der Waals surface area contributed by atoms with Gasteiger partial charge >= 0.3 is 0 Å². The van der Waals surface area contributed by atoms with Gasteiger partial charge in [0.2, 0.25) is 0 Å². The highest BCUT2D eigenvalue weighted by molar-refractivity contribution is 6.21. The summed E-state index contributed by atoms with van der Waals surface area (Å²) in [6, 6.07) is 7.27. The van der Waals surface area contributed by atoms with Crippen molar-refractivity contribution in [3.8, 4) is 0 Å². The molecule has 1 aromatic rings. The van der Waals surface area contributed by atoms with Crippen LogP contribution in [0.25, 0.3) is 0 Å². The van der Waals surface area contributed by atoms with E-state index in [1.165, 1.54) is 17.7 Å². The zero-order chi connectivity index (χ0) is 17.1. The molecule has 2 unspecified atom stereocenters. The Bertz CT molecular complexity index is 579. The van der Waals surface area contributed by atoms with Gasteiger partial charge in [0, 0.05) is 12.6 Å². The maximum atomic E-state index is 12.3. The number of hydrogen-bond donors (Lipinski definition) is 1. The van der Waals surface area contributed by atoms with Gasteiger partial charge in [-0.1, -0.05) is 18.6 Å². The van der Waals surface area contributed by atoms with Gasteiger partial charge in [-0.25, -0.2) is 0 Å². The van der Waals surface area contributed by atoms with Gasteiger partial charge in [0.15, 0.2) is 0 Å². The maximum absolute atomic E-state index is 12.3. The van der Waals surface area contributed by atoms with E-state index in [4.69, 9.17) is 0 Å². The van der Waals surface area contributed by atoms with Crippen molar-refractivity contribution in [2.45, 2.75) is 51.2 Å². The summed E-state index contributed by atoms with van der Waals surface area (Å²) in [5.74, 6) is -0.342. The summed E-state index contributed by atoms with van der Waals surface area (Å²) in [7, 11) is 0. The van der Waals surface area contributed by atoms with Crippen molar-refractivity contribution in [3.05, 3.63) is 35.4 Å². The molecule has 0 aromatic heterocycles. The minimum atomic E-state index is -0.304. The maximum Gasteiger partial charge on any atom is 0.261 e. The monoisotopic (exact) mass is 330 g/mol. The Morgan fingerprint density at radius 3 is 2.33 bits per heavy atom. The lowest BCUT2D eigenvalue weighted by molar-refractivity contribution is 0.0351. The van der Waals surface area contributed by atoms with Crippen molar-refractivity contribution in [3.63, 3.8) is 0 Å². The molecule has 2 aliphatic heterocycles. The van der Waals surface area contributed by atoms with Gasteiger partial charge in [0.05, 0.1) is 17.2 Å². The van der Waals surface area contributed by atoms with Crippen LogP contribution in [0, 0.1) is 0 Å². The first-order valence-corrected chi connectivity index (χ1v) is 8.97. The molecular formula is C19H26N2O3. The number of benzene rings is 1. The summed E-state index contributed by atoms with van der Waals surface area (Å²) < 4.78 is 0. The van der Waals surface area contributed by atoms with E-state index in [9.17, 15) is 14.7 Å². The van der Waals surface area contributed by atoms with E-state index in [0.29, 0.717) is 17.7 Å². The fourth-order valence-corrected chi connectivity index (χ4v) is 3.87. The Labute approximate surface area is 143 Å². The summed E-state index contributed by atoms with van der Waals surface area (Å²) in [6.45, 7) is 4.28. The van der Waals surface area contributed by atoms with Crippen molar-refractivity contribution >= 4 is 11.8 Å². The number of unbranched alkanes of at least 4 members (excludes halogenated alkanes) is 1. The second kappa shape index (κ2) is 7.45. The minimum absolute atomic E-state index is 0.171. The lowest BCUT2D eigenvalue weighted by atomic mass is 9.98. The molecule has 0 radical (unpaired) electrons. The number of rotatable bonds is 6. The molecule has 1 saturated heterocycles. The third-order valence-electron chi connectivity index (χ3n) is 5.18. The van der Waals surface area contributed by atoms with E-state index in [-0.39, 0.29) is 24.0 Å². The molecule has 0 spiro atoms. The summed E-state index contributed by atoms with van der Waals surface area (Å²) in [4.78, 5) is 28.3. The number of imide groups is 1. The molecule has 0 aliphatic carbocycles. The minimum Gasteiger partial charge on any atom is -0.392 e. The molecule has 130 valence electrons. The highest BCUT2D eigenvalue weighted by Gasteiger charge is 2.34. The Balaban J connectivity index is 1.49. The molecule has 0 bridgehead atoms. The molecule has 1 N–H and O–H groups in total. The summed E-state index contributed by atoms with van der Waals surface area (Å²) in [6.07, 6.45) is 4.84. The van der Waals surface area contributed by atoms with E-state index in [2.05, 4.69) is 4.90 Å². The van der Waals surface area contributed by atoms with Crippen LogP contribution in [0.2, 0.25) is 0 Å². The van der Waals surface area contributed by atoms with Crippen molar-refractivity contribution in [1.29, 1.82) is 0 Å². The first-order valence-electron chi connectivity index (χ1n) is 8.97. The van der Waals surface area contributed by atoms with Crippen LogP contribution >= 0.6 is 0 Å². The van der Waals surface area contributed by atoms with Crippen molar-refractivity contribution in [1.82, 2.24) is 9.80 Å². The third kappa shape index (κ3) is 3.37. The average Bonchev–Trinajstić information content (AvgIpc) is 2.84. The van der Waals surface area contributed by atoms with Crippen LogP contribution in [0.3, 0.4) is 0 Å². The number of aliphatic hydroxyl groups is 1. The molecule has 2 atom stereocenters. The summed E-state index contributed by atoms with van der Waals surface area (Å²) in [5, 5.41) is 9.91. The lowest BCUT2D eigenvalue weighted by Gasteiger charge is -2.37. The average molecular weight is 330 g/mol. The molecule has 2 amide bonds. The molecule has 5 heteroatoms. The van der Waals surface area contributed by atoms with Crippen LogP contribution in [-0.2, 0) is 0 Å². The van der Waals surface area contributed by atoms with Crippen molar-refractivity contribution in [2.75, 3.05) is 19.6 Å². The van der Waals surface area contributed by atoms with Crippen LogP contribution in [0.15, 0.2) is 24.3 Å². The fraction of sp³-hybridized carbons (Fsp3) is 0.579. The number of amides is 2. The SMILES string of the molecule is CC(O)C1CCCCN1CCCCN1C(=O)c2ccccc2C1=O. The van der Waals surface area contributed by atoms with Crippen LogP contribution < -0.4 is 0 Å². The number of likely N-dealkylation sites (tertiary alicyclic amines) is 1. The fourth-order valence-electron chi connectivity index (χ4n) is 3.87. The molecule has 1 fully saturated rings. The van der Waals surface area contributed by atoms with Gasteiger partial charge in [0.25, 0.3) is 11.8 Å². The zero-order valence-electron chi connectivity index (χ0n) is 14.3. The van der Waals surface area contributed by atoms with E-state index in [0.717, 1.165) is 32.4 Å². The number of aliphatic hydroxyl groups excluding tert-OH is 1. The van der Waals surface area contributed by atoms with Crippen molar-refractivity contribution in [2.24, 2.45) is 0 Å². The van der Waals surface area contributed by atoms with E-state index >= 15 is 0 Å². The number of hydrogen-bond acceptors (Lipinski definition) is 4. The van der Waals surface area contributed by atoms with Crippen molar-refractivity contribution < 1.29 is 14.7 Å². The van der Waals surface area contributed by atoms with Crippen LogP contribution in [0.1, 0.15) is 59.7 Å². The number of carbonyl (C=O) groups excluding carboxylic acids is 2. The van der Waals surface area contributed by atoms with Gasteiger partial charge in [0.1, 0.15) is 0 Å². The largest absolute Gasteiger partial charge is 0.392 e. The normalized spacial score (nSPS) is 22.8. The third-order valence-corrected chi connectivity index (χ3v) is 5.18. The number of carbonyl (C=O) groups is 2. The molecule has 0 saturated carbocycles. The Morgan fingerprint density at radius 1 is 1.08 bits per heavy atom. The molecule has 2 heterocycles. The second-order valence-corrected chi connectivity index (χ2v) is 6.85. The van der Waals surface area contributed by atoms with Gasteiger partial charge in [-0.05, 0) is 57.8 Å². The first-order chi connectivity index (χ1) is 11.6. The molecular weight excluding hydrogens is 304 g/mol. The lowest BCUT2D eigenvalue weighted by Crippen LogP contribution is -2.46. The number of piperidine rings is 1. The summed E-state index contributed by atoms with van der Waals surface area (Å²) in [5.41, 5.74) is 1.04. The molecule has 24 heavy (non-hydrogen) atoms. The van der Waals surface area contributed by atoms with Gasteiger partial charge in [-0.15, -0.1) is 0 Å². The Hall–Kier alpha value is -1.72. The smallest absolute Gasteiger partial charge is 0.261 e. The molecule has 1 aromatic carbocycles. The van der Waals surface area contributed by atoms with Crippen LogP contribution in [0.5, 0.6) is 0 Å². The number of fused-ring (bicyclic) bond motifs is 1. The van der Waals surface area contributed by atoms with Gasteiger partial charge in [-0.2, -0.15) is 0 Å². The zero-order valence-corrected chi connectivity index (χ0v) is 14.3.